The minimum absolute atomic E-state index is 0.103. The molecule has 0 aliphatic heterocycles. The molecule has 0 unspecified atom stereocenters. The van der Waals surface area contributed by atoms with E-state index in [0.717, 1.165) is 29.8 Å². The molecule has 1 aromatic carbocycles. The Labute approximate surface area is 135 Å². The summed E-state index contributed by atoms with van der Waals surface area (Å²) in [6.45, 7) is 6.13. The molecule has 1 fully saturated rings. The molecule has 0 atom stereocenters. The third-order valence-electron chi connectivity index (χ3n) is 4.20. The number of rotatable bonds is 4. The molecule has 22 heavy (non-hydrogen) atoms. The van der Waals surface area contributed by atoms with E-state index in [-0.39, 0.29) is 17.9 Å². The maximum Gasteiger partial charge on any atom is 0.232 e. The maximum atomic E-state index is 12.6. The van der Waals surface area contributed by atoms with E-state index in [1.54, 1.807) is 0 Å². The van der Waals surface area contributed by atoms with Gasteiger partial charge in [0.15, 0.2) is 0 Å². The van der Waals surface area contributed by atoms with Gasteiger partial charge in [-0.1, -0.05) is 42.0 Å². The molecular formula is C17H21N3OS. The number of hydrogen-bond donors (Lipinski definition) is 0. The zero-order chi connectivity index (χ0) is 15.7. The molecule has 3 rings (SSSR count). The van der Waals surface area contributed by atoms with Gasteiger partial charge in [0.1, 0.15) is 5.01 Å². The van der Waals surface area contributed by atoms with Gasteiger partial charge in [0, 0.05) is 17.5 Å². The van der Waals surface area contributed by atoms with Crippen LogP contribution in [-0.4, -0.2) is 22.1 Å². The predicted molar refractivity (Wildman–Crippen MR) is 90.0 cm³/mol. The van der Waals surface area contributed by atoms with E-state index in [1.165, 1.54) is 16.9 Å². The molecule has 1 aliphatic rings. The summed E-state index contributed by atoms with van der Waals surface area (Å²) in [6, 6.07) is 8.24. The molecule has 1 aliphatic carbocycles. The van der Waals surface area contributed by atoms with Crippen LogP contribution >= 0.6 is 11.3 Å². The van der Waals surface area contributed by atoms with Crippen LogP contribution in [0.1, 0.15) is 38.7 Å². The zero-order valence-electron chi connectivity index (χ0n) is 13.2. The van der Waals surface area contributed by atoms with Gasteiger partial charge in [-0.25, -0.2) is 0 Å². The summed E-state index contributed by atoms with van der Waals surface area (Å²) in [5, 5.41) is 10.2. The molecular weight excluding hydrogens is 294 g/mol. The highest BCUT2D eigenvalue weighted by Gasteiger charge is 2.33. The van der Waals surface area contributed by atoms with Gasteiger partial charge in [-0.15, -0.1) is 10.2 Å². The quantitative estimate of drug-likeness (QED) is 0.855. The van der Waals surface area contributed by atoms with Crippen molar-refractivity contribution in [2.24, 2.45) is 5.92 Å². The Morgan fingerprint density at radius 1 is 1.27 bits per heavy atom. The van der Waals surface area contributed by atoms with Crippen LogP contribution in [0.3, 0.4) is 0 Å². The molecule has 1 amide bonds. The van der Waals surface area contributed by atoms with Gasteiger partial charge in [-0.3, -0.25) is 9.69 Å². The van der Waals surface area contributed by atoms with Crippen molar-refractivity contribution in [3.8, 4) is 10.6 Å². The number of aryl methyl sites for hydroxylation is 1. The highest BCUT2D eigenvalue weighted by atomic mass is 32.1. The lowest BCUT2D eigenvalue weighted by molar-refractivity contribution is -0.125. The number of carbonyl (C=O) groups is 1. The number of amides is 1. The Kier molecular flexibility index (Phi) is 4.25. The second-order valence-corrected chi connectivity index (χ2v) is 7.09. The van der Waals surface area contributed by atoms with Gasteiger partial charge in [0.2, 0.25) is 11.0 Å². The van der Waals surface area contributed by atoms with Crippen molar-refractivity contribution in [3.05, 3.63) is 29.8 Å². The Morgan fingerprint density at radius 3 is 2.59 bits per heavy atom. The standard InChI is InChI=1S/C17H21N3OS/c1-11(2)20(16(21)13-8-6-9-13)17-19-18-15(22-17)14-10-5-4-7-12(14)3/h4-5,7,10-11,13H,6,8-9H2,1-3H3. The van der Waals surface area contributed by atoms with Crippen LogP contribution in [0.4, 0.5) is 5.13 Å². The minimum Gasteiger partial charge on any atom is -0.284 e. The first-order valence-corrected chi connectivity index (χ1v) is 8.62. The summed E-state index contributed by atoms with van der Waals surface area (Å²) < 4.78 is 0. The summed E-state index contributed by atoms with van der Waals surface area (Å²) in [6.07, 6.45) is 3.17. The lowest BCUT2D eigenvalue weighted by Crippen LogP contribution is -2.43. The Morgan fingerprint density at radius 2 is 2.00 bits per heavy atom. The van der Waals surface area contributed by atoms with E-state index in [4.69, 9.17) is 0 Å². The van der Waals surface area contributed by atoms with Crippen LogP contribution in [0.5, 0.6) is 0 Å². The van der Waals surface area contributed by atoms with E-state index < -0.39 is 0 Å². The second kappa shape index (κ2) is 6.16. The van der Waals surface area contributed by atoms with Crippen molar-refractivity contribution in [3.63, 3.8) is 0 Å². The van der Waals surface area contributed by atoms with Gasteiger partial charge in [-0.05, 0) is 39.2 Å². The van der Waals surface area contributed by atoms with Crippen LogP contribution in [-0.2, 0) is 4.79 Å². The maximum absolute atomic E-state index is 12.6. The zero-order valence-corrected chi connectivity index (χ0v) is 14.1. The average molecular weight is 315 g/mol. The van der Waals surface area contributed by atoms with Crippen molar-refractivity contribution >= 4 is 22.4 Å². The van der Waals surface area contributed by atoms with Crippen LogP contribution in [0.2, 0.25) is 0 Å². The Bertz CT molecular complexity index is 676. The molecule has 0 bridgehead atoms. The highest BCUT2D eigenvalue weighted by Crippen LogP contribution is 2.35. The molecule has 116 valence electrons. The van der Waals surface area contributed by atoms with Gasteiger partial charge in [-0.2, -0.15) is 0 Å². The summed E-state index contributed by atoms with van der Waals surface area (Å²) >= 11 is 1.50. The van der Waals surface area contributed by atoms with Crippen molar-refractivity contribution in [2.45, 2.75) is 46.1 Å². The monoisotopic (exact) mass is 315 g/mol. The summed E-state index contributed by atoms with van der Waals surface area (Å²) in [5.41, 5.74) is 2.26. The third-order valence-corrected chi connectivity index (χ3v) is 5.16. The normalized spacial score (nSPS) is 14.9. The largest absolute Gasteiger partial charge is 0.284 e. The lowest BCUT2D eigenvalue weighted by atomic mass is 9.84. The Hall–Kier alpha value is -1.75. The smallest absolute Gasteiger partial charge is 0.232 e. The molecule has 1 heterocycles. The van der Waals surface area contributed by atoms with E-state index >= 15 is 0 Å². The molecule has 0 N–H and O–H groups in total. The number of anilines is 1. The number of hydrogen-bond acceptors (Lipinski definition) is 4. The van der Waals surface area contributed by atoms with Crippen molar-refractivity contribution in [1.29, 1.82) is 0 Å². The fraction of sp³-hybridized carbons (Fsp3) is 0.471. The van der Waals surface area contributed by atoms with Crippen LogP contribution in [0.15, 0.2) is 24.3 Å². The number of aromatic nitrogens is 2. The topological polar surface area (TPSA) is 46.1 Å². The van der Waals surface area contributed by atoms with E-state index in [9.17, 15) is 4.79 Å². The number of benzene rings is 1. The molecule has 4 nitrogen and oxygen atoms in total. The number of nitrogens with zero attached hydrogens (tertiary/aromatic N) is 3. The van der Waals surface area contributed by atoms with Gasteiger partial charge in [0.25, 0.3) is 0 Å². The summed E-state index contributed by atoms with van der Waals surface area (Å²) in [5.74, 6) is 0.377. The molecule has 1 saturated carbocycles. The van der Waals surface area contributed by atoms with Crippen LogP contribution in [0, 0.1) is 12.8 Å². The summed E-state index contributed by atoms with van der Waals surface area (Å²) in [4.78, 5) is 14.5. The minimum atomic E-state index is 0.103. The molecule has 0 spiro atoms. The lowest BCUT2D eigenvalue weighted by Gasteiger charge is -2.32. The van der Waals surface area contributed by atoms with E-state index in [2.05, 4.69) is 23.2 Å². The van der Waals surface area contributed by atoms with Crippen LogP contribution < -0.4 is 4.90 Å². The summed E-state index contributed by atoms with van der Waals surface area (Å²) in [7, 11) is 0. The second-order valence-electron chi connectivity index (χ2n) is 6.13. The van der Waals surface area contributed by atoms with Gasteiger partial charge in [0.05, 0.1) is 0 Å². The third kappa shape index (κ3) is 2.77. The van der Waals surface area contributed by atoms with E-state index in [0.29, 0.717) is 5.13 Å². The van der Waals surface area contributed by atoms with Crippen molar-refractivity contribution < 1.29 is 4.79 Å². The van der Waals surface area contributed by atoms with Crippen molar-refractivity contribution in [2.75, 3.05) is 4.90 Å². The molecule has 1 aromatic heterocycles. The average Bonchev–Trinajstić information content (AvgIpc) is 2.86. The Balaban J connectivity index is 1.90. The first-order chi connectivity index (χ1) is 10.6. The molecule has 5 heteroatoms. The van der Waals surface area contributed by atoms with Crippen LogP contribution in [0.25, 0.3) is 10.6 Å². The highest BCUT2D eigenvalue weighted by molar-refractivity contribution is 7.18. The SMILES string of the molecule is Cc1ccccc1-c1nnc(N(C(=O)C2CCC2)C(C)C)s1. The van der Waals surface area contributed by atoms with Gasteiger partial charge >= 0.3 is 0 Å². The van der Waals surface area contributed by atoms with Gasteiger partial charge < -0.3 is 0 Å². The fourth-order valence-electron chi connectivity index (χ4n) is 2.66. The number of carbonyl (C=O) groups excluding carboxylic acids is 1. The molecule has 0 radical (unpaired) electrons. The van der Waals surface area contributed by atoms with Crippen molar-refractivity contribution in [1.82, 2.24) is 10.2 Å². The first kappa shape index (κ1) is 15.2. The fourth-order valence-corrected chi connectivity index (χ4v) is 3.73. The predicted octanol–water partition coefficient (Wildman–Crippen LogP) is 4.06. The molecule has 0 saturated heterocycles. The first-order valence-electron chi connectivity index (χ1n) is 7.80. The van der Waals surface area contributed by atoms with E-state index in [1.807, 2.05) is 36.9 Å². The molecule has 2 aromatic rings.